The number of nitrogens with zero attached hydrogens (tertiary/aromatic N) is 2. The van der Waals surface area contributed by atoms with E-state index in [0.717, 1.165) is 40.3 Å². The van der Waals surface area contributed by atoms with Gasteiger partial charge in [-0.15, -0.1) is 10.2 Å². The van der Waals surface area contributed by atoms with Gasteiger partial charge in [0.05, 0.1) is 7.11 Å². The second-order valence-electron chi connectivity index (χ2n) is 4.71. The molecule has 4 nitrogen and oxygen atoms in total. The van der Waals surface area contributed by atoms with E-state index in [1.54, 1.807) is 18.4 Å². The van der Waals surface area contributed by atoms with Gasteiger partial charge in [0.15, 0.2) is 0 Å². The lowest BCUT2D eigenvalue weighted by Crippen LogP contribution is -2.19. The molecule has 1 aromatic carbocycles. The van der Waals surface area contributed by atoms with Crippen molar-refractivity contribution >= 4 is 11.3 Å². The van der Waals surface area contributed by atoms with E-state index in [2.05, 4.69) is 15.5 Å². The van der Waals surface area contributed by atoms with E-state index in [0.29, 0.717) is 0 Å². The fourth-order valence-electron chi connectivity index (χ4n) is 1.90. The first-order chi connectivity index (χ1) is 9.35. The summed E-state index contributed by atoms with van der Waals surface area (Å²) in [6.45, 7) is 0.997. The van der Waals surface area contributed by atoms with Crippen LogP contribution >= 0.6 is 11.3 Å². The van der Waals surface area contributed by atoms with Gasteiger partial charge in [-0.3, -0.25) is 0 Å². The maximum Gasteiger partial charge on any atom is 0.147 e. The number of hydrogen-bond donors (Lipinski definition) is 1. The predicted molar refractivity (Wildman–Crippen MR) is 76.6 cm³/mol. The molecule has 0 unspecified atom stereocenters. The van der Waals surface area contributed by atoms with Gasteiger partial charge in [-0.2, -0.15) is 0 Å². The minimum atomic E-state index is 0.755. The highest BCUT2D eigenvalue weighted by Gasteiger charge is 2.19. The van der Waals surface area contributed by atoms with E-state index in [-0.39, 0.29) is 0 Å². The number of ether oxygens (including phenoxy) is 1. The molecule has 0 amide bonds. The SMILES string of the molecule is COc1cccc(-c2nnc(CCNC3CC3)s2)c1. The summed E-state index contributed by atoms with van der Waals surface area (Å²) in [4.78, 5) is 0. The van der Waals surface area contributed by atoms with E-state index < -0.39 is 0 Å². The molecule has 19 heavy (non-hydrogen) atoms. The summed E-state index contributed by atoms with van der Waals surface area (Å²) >= 11 is 1.66. The number of hydrogen-bond acceptors (Lipinski definition) is 5. The van der Waals surface area contributed by atoms with Crippen LogP contribution in [0.5, 0.6) is 5.75 Å². The Labute approximate surface area is 116 Å². The first-order valence-corrected chi connectivity index (χ1v) is 7.37. The number of benzene rings is 1. The molecule has 2 aromatic rings. The van der Waals surface area contributed by atoms with Crippen LogP contribution in [0.1, 0.15) is 17.8 Å². The van der Waals surface area contributed by atoms with Gasteiger partial charge in [-0.05, 0) is 25.0 Å². The minimum absolute atomic E-state index is 0.755. The van der Waals surface area contributed by atoms with Crippen LogP contribution in [0.4, 0.5) is 0 Å². The fourth-order valence-corrected chi connectivity index (χ4v) is 2.73. The zero-order valence-corrected chi connectivity index (χ0v) is 11.7. The smallest absolute Gasteiger partial charge is 0.147 e. The number of aromatic nitrogens is 2. The Morgan fingerprint density at radius 3 is 3.05 bits per heavy atom. The van der Waals surface area contributed by atoms with E-state index in [1.807, 2.05) is 24.3 Å². The molecule has 1 saturated carbocycles. The summed E-state index contributed by atoms with van der Waals surface area (Å²) in [6, 6.07) is 8.70. The number of rotatable bonds is 6. The van der Waals surface area contributed by atoms with Crippen molar-refractivity contribution in [2.45, 2.75) is 25.3 Å². The quantitative estimate of drug-likeness (QED) is 0.880. The average Bonchev–Trinajstić information content (AvgIpc) is 3.15. The molecule has 1 N–H and O–H groups in total. The van der Waals surface area contributed by atoms with Crippen LogP contribution in [-0.2, 0) is 6.42 Å². The average molecular weight is 275 g/mol. The van der Waals surface area contributed by atoms with Crippen molar-refractivity contribution in [2.75, 3.05) is 13.7 Å². The molecule has 100 valence electrons. The number of nitrogens with one attached hydrogen (secondary N) is 1. The first-order valence-electron chi connectivity index (χ1n) is 6.55. The highest BCUT2D eigenvalue weighted by Crippen LogP contribution is 2.26. The molecule has 1 fully saturated rings. The van der Waals surface area contributed by atoms with Crippen molar-refractivity contribution < 1.29 is 4.74 Å². The van der Waals surface area contributed by atoms with Crippen LogP contribution in [0.15, 0.2) is 24.3 Å². The third kappa shape index (κ3) is 3.30. The summed E-state index contributed by atoms with van der Waals surface area (Å²) in [7, 11) is 1.67. The molecule has 0 atom stereocenters. The summed E-state index contributed by atoms with van der Waals surface area (Å²) in [5.74, 6) is 0.852. The summed E-state index contributed by atoms with van der Waals surface area (Å²) < 4.78 is 5.23. The molecule has 0 spiro atoms. The molecule has 1 aliphatic carbocycles. The maximum atomic E-state index is 5.23. The van der Waals surface area contributed by atoms with Crippen LogP contribution in [-0.4, -0.2) is 29.9 Å². The van der Waals surface area contributed by atoms with Gasteiger partial charge in [0, 0.05) is 24.6 Å². The Morgan fingerprint density at radius 1 is 1.37 bits per heavy atom. The third-order valence-corrected chi connectivity index (χ3v) is 4.16. The fraction of sp³-hybridized carbons (Fsp3) is 0.429. The van der Waals surface area contributed by atoms with Crippen LogP contribution in [0.25, 0.3) is 10.6 Å². The largest absolute Gasteiger partial charge is 0.497 e. The van der Waals surface area contributed by atoms with Crippen molar-refractivity contribution in [1.82, 2.24) is 15.5 Å². The van der Waals surface area contributed by atoms with Gasteiger partial charge in [0.1, 0.15) is 15.8 Å². The molecule has 1 aliphatic rings. The Morgan fingerprint density at radius 2 is 2.26 bits per heavy atom. The van der Waals surface area contributed by atoms with Crippen LogP contribution in [0.2, 0.25) is 0 Å². The van der Waals surface area contributed by atoms with Gasteiger partial charge in [0.2, 0.25) is 0 Å². The van der Waals surface area contributed by atoms with Gasteiger partial charge in [0.25, 0.3) is 0 Å². The Balaban J connectivity index is 1.65. The molecule has 1 aromatic heterocycles. The van der Waals surface area contributed by atoms with Gasteiger partial charge < -0.3 is 10.1 Å². The van der Waals surface area contributed by atoms with E-state index in [4.69, 9.17) is 4.74 Å². The third-order valence-electron chi connectivity index (χ3n) is 3.13. The Hall–Kier alpha value is -1.46. The first kappa shape index (κ1) is 12.6. The van der Waals surface area contributed by atoms with Crippen LogP contribution in [0.3, 0.4) is 0 Å². The Kier molecular flexibility index (Phi) is 3.75. The van der Waals surface area contributed by atoms with Gasteiger partial charge in [-0.25, -0.2) is 0 Å². The second kappa shape index (κ2) is 5.67. The van der Waals surface area contributed by atoms with Crippen molar-refractivity contribution in [3.8, 4) is 16.3 Å². The molecule has 0 saturated heterocycles. The van der Waals surface area contributed by atoms with E-state index in [9.17, 15) is 0 Å². The molecular formula is C14H17N3OS. The standard InChI is InChI=1S/C14H17N3OS/c1-18-12-4-2-3-10(9-12)14-17-16-13(19-14)7-8-15-11-5-6-11/h2-4,9,11,15H,5-8H2,1H3. The van der Waals surface area contributed by atoms with E-state index in [1.165, 1.54) is 12.8 Å². The molecule has 0 bridgehead atoms. The zero-order chi connectivity index (χ0) is 13.1. The van der Waals surface area contributed by atoms with Crippen molar-refractivity contribution in [3.63, 3.8) is 0 Å². The van der Waals surface area contributed by atoms with Gasteiger partial charge >= 0.3 is 0 Å². The summed E-state index contributed by atoms with van der Waals surface area (Å²) in [5, 5.41) is 14.1. The summed E-state index contributed by atoms with van der Waals surface area (Å²) in [6.07, 6.45) is 3.61. The highest BCUT2D eigenvalue weighted by molar-refractivity contribution is 7.14. The monoisotopic (exact) mass is 275 g/mol. The molecule has 3 rings (SSSR count). The highest BCUT2D eigenvalue weighted by atomic mass is 32.1. The minimum Gasteiger partial charge on any atom is -0.497 e. The molecule has 5 heteroatoms. The lowest BCUT2D eigenvalue weighted by Gasteiger charge is -2.00. The lowest BCUT2D eigenvalue weighted by atomic mass is 10.2. The van der Waals surface area contributed by atoms with Gasteiger partial charge in [-0.1, -0.05) is 23.5 Å². The van der Waals surface area contributed by atoms with Crippen LogP contribution < -0.4 is 10.1 Å². The van der Waals surface area contributed by atoms with Crippen LogP contribution in [0, 0.1) is 0 Å². The normalized spacial score (nSPS) is 14.6. The molecule has 1 heterocycles. The second-order valence-corrected chi connectivity index (χ2v) is 5.77. The molecular weight excluding hydrogens is 258 g/mol. The Bertz CT molecular complexity index is 551. The maximum absolute atomic E-state index is 5.23. The number of methoxy groups -OCH3 is 1. The van der Waals surface area contributed by atoms with E-state index >= 15 is 0 Å². The summed E-state index contributed by atoms with van der Waals surface area (Å²) in [5.41, 5.74) is 1.07. The van der Waals surface area contributed by atoms with Crippen molar-refractivity contribution in [1.29, 1.82) is 0 Å². The van der Waals surface area contributed by atoms with Crippen molar-refractivity contribution in [2.24, 2.45) is 0 Å². The zero-order valence-electron chi connectivity index (χ0n) is 10.9. The topological polar surface area (TPSA) is 47.0 Å². The molecule has 0 radical (unpaired) electrons. The predicted octanol–water partition coefficient (Wildman–Crippen LogP) is 2.51. The van der Waals surface area contributed by atoms with Crippen molar-refractivity contribution in [3.05, 3.63) is 29.3 Å². The molecule has 0 aliphatic heterocycles. The lowest BCUT2D eigenvalue weighted by molar-refractivity contribution is 0.415.